The van der Waals surface area contributed by atoms with Crippen LogP contribution < -0.4 is 4.72 Å². The van der Waals surface area contributed by atoms with Gasteiger partial charge >= 0.3 is 0 Å². The van der Waals surface area contributed by atoms with Crippen molar-refractivity contribution in [3.05, 3.63) is 59.9 Å². The minimum atomic E-state index is -3.63. The van der Waals surface area contributed by atoms with Crippen molar-refractivity contribution >= 4 is 15.9 Å². The number of benzene rings is 1. The lowest BCUT2D eigenvalue weighted by molar-refractivity contribution is 0.0697. The van der Waals surface area contributed by atoms with Crippen LogP contribution in [-0.4, -0.2) is 37.3 Å². The number of hydrogen-bond acceptors (Lipinski definition) is 4. The predicted molar refractivity (Wildman–Crippen MR) is 99.0 cm³/mol. The van der Waals surface area contributed by atoms with Crippen LogP contribution >= 0.6 is 0 Å². The van der Waals surface area contributed by atoms with Crippen LogP contribution in [0.15, 0.2) is 53.7 Å². The molecule has 2 aromatic rings. The normalized spacial score (nSPS) is 15.8. The molecule has 1 aliphatic rings. The lowest BCUT2D eigenvalue weighted by Gasteiger charge is -2.30. The first-order valence-corrected chi connectivity index (χ1v) is 10.2. The Morgan fingerprint density at radius 2 is 1.73 bits per heavy atom. The molecule has 1 saturated heterocycles. The van der Waals surface area contributed by atoms with Crippen LogP contribution in [0.4, 0.5) is 0 Å². The molecule has 1 aromatic carbocycles. The Hall–Kier alpha value is -2.25. The molecule has 0 radical (unpaired) electrons. The van der Waals surface area contributed by atoms with E-state index in [9.17, 15) is 13.2 Å². The van der Waals surface area contributed by atoms with Gasteiger partial charge in [-0.15, -0.1) is 0 Å². The average molecular weight is 373 g/mol. The highest BCUT2D eigenvalue weighted by molar-refractivity contribution is 7.89. The van der Waals surface area contributed by atoms with Crippen LogP contribution in [0.25, 0.3) is 0 Å². The van der Waals surface area contributed by atoms with Crippen LogP contribution in [-0.2, 0) is 16.6 Å². The van der Waals surface area contributed by atoms with Gasteiger partial charge in [-0.1, -0.05) is 6.92 Å². The van der Waals surface area contributed by atoms with Crippen molar-refractivity contribution in [1.82, 2.24) is 14.6 Å². The van der Waals surface area contributed by atoms with Gasteiger partial charge in [-0.25, -0.2) is 13.1 Å². The third-order valence-corrected chi connectivity index (χ3v) is 6.12. The van der Waals surface area contributed by atoms with E-state index in [1.54, 1.807) is 36.7 Å². The number of carbonyl (C=O) groups excluding carboxylic acids is 1. The summed E-state index contributed by atoms with van der Waals surface area (Å²) in [7, 11) is -3.63. The fraction of sp³-hybridized carbons (Fsp3) is 0.368. The first-order valence-electron chi connectivity index (χ1n) is 8.73. The van der Waals surface area contributed by atoms with Gasteiger partial charge in [-0.2, -0.15) is 0 Å². The van der Waals surface area contributed by atoms with Gasteiger partial charge in [0.05, 0.1) is 4.90 Å². The number of amides is 1. The van der Waals surface area contributed by atoms with E-state index < -0.39 is 10.0 Å². The second-order valence-electron chi connectivity index (χ2n) is 6.68. The van der Waals surface area contributed by atoms with Crippen molar-refractivity contribution in [2.45, 2.75) is 31.2 Å². The smallest absolute Gasteiger partial charge is 0.253 e. The van der Waals surface area contributed by atoms with Gasteiger partial charge in [0.1, 0.15) is 0 Å². The lowest BCUT2D eigenvalue weighted by Crippen LogP contribution is -2.37. The highest BCUT2D eigenvalue weighted by atomic mass is 32.2. The molecule has 138 valence electrons. The van der Waals surface area contributed by atoms with Gasteiger partial charge < -0.3 is 4.90 Å². The zero-order valence-electron chi connectivity index (χ0n) is 14.8. The van der Waals surface area contributed by atoms with E-state index >= 15 is 0 Å². The zero-order chi connectivity index (χ0) is 18.6. The van der Waals surface area contributed by atoms with Gasteiger partial charge in [-0.3, -0.25) is 9.78 Å². The van der Waals surface area contributed by atoms with E-state index in [2.05, 4.69) is 16.6 Å². The van der Waals surface area contributed by atoms with E-state index in [1.165, 1.54) is 12.1 Å². The van der Waals surface area contributed by atoms with Crippen LogP contribution in [0, 0.1) is 5.92 Å². The third-order valence-electron chi connectivity index (χ3n) is 4.70. The molecular formula is C19H23N3O3S. The van der Waals surface area contributed by atoms with Gasteiger partial charge in [0.2, 0.25) is 10.0 Å². The molecule has 6 nitrogen and oxygen atoms in total. The molecule has 0 aliphatic carbocycles. The molecule has 2 heterocycles. The molecule has 1 aliphatic heterocycles. The van der Waals surface area contributed by atoms with Crippen molar-refractivity contribution in [2.24, 2.45) is 5.92 Å². The van der Waals surface area contributed by atoms with Gasteiger partial charge in [0.15, 0.2) is 0 Å². The molecular weight excluding hydrogens is 350 g/mol. The van der Waals surface area contributed by atoms with Gasteiger partial charge in [0, 0.05) is 37.6 Å². The molecule has 0 saturated carbocycles. The molecule has 0 atom stereocenters. The molecule has 0 unspecified atom stereocenters. The summed E-state index contributed by atoms with van der Waals surface area (Å²) >= 11 is 0. The van der Waals surface area contributed by atoms with Crippen molar-refractivity contribution < 1.29 is 13.2 Å². The number of likely N-dealkylation sites (tertiary alicyclic amines) is 1. The number of aromatic nitrogens is 1. The number of rotatable bonds is 5. The summed E-state index contributed by atoms with van der Waals surface area (Å²) in [5.74, 6) is 0.614. The Bertz CT molecular complexity index is 843. The second-order valence-corrected chi connectivity index (χ2v) is 8.45. The predicted octanol–water partition coefficient (Wildman–Crippen LogP) is 2.43. The van der Waals surface area contributed by atoms with E-state index in [0.29, 0.717) is 11.5 Å². The van der Waals surface area contributed by atoms with Crippen LogP contribution in [0.2, 0.25) is 0 Å². The van der Waals surface area contributed by atoms with Crippen LogP contribution in [0.3, 0.4) is 0 Å². The average Bonchev–Trinajstić information content (AvgIpc) is 2.67. The van der Waals surface area contributed by atoms with Crippen LogP contribution in [0.1, 0.15) is 35.7 Å². The number of sulfonamides is 1. The maximum Gasteiger partial charge on any atom is 0.253 e. The van der Waals surface area contributed by atoms with E-state index in [0.717, 1.165) is 31.5 Å². The molecule has 1 aromatic heterocycles. The Labute approximate surface area is 154 Å². The minimum Gasteiger partial charge on any atom is -0.339 e. The summed E-state index contributed by atoms with van der Waals surface area (Å²) in [6, 6.07) is 9.64. The molecule has 7 heteroatoms. The summed E-state index contributed by atoms with van der Waals surface area (Å²) in [4.78, 5) is 18.4. The van der Waals surface area contributed by atoms with Gasteiger partial charge in [0.25, 0.3) is 5.91 Å². The molecule has 26 heavy (non-hydrogen) atoms. The summed E-state index contributed by atoms with van der Waals surface area (Å²) in [6.45, 7) is 3.90. The summed E-state index contributed by atoms with van der Waals surface area (Å²) in [5.41, 5.74) is 1.35. The maximum absolute atomic E-state index is 12.5. The van der Waals surface area contributed by atoms with Gasteiger partial charge in [-0.05, 0) is 60.7 Å². The highest BCUT2D eigenvalue weighted by Crippen LogP contribution is 2.19. The van der Waals surface area contributed by atoms with E-state index in [-0.39, 0.29) is 17.3 Å². The number of pyridine rings is 1. The van der Waals surface area contributed by atoms with Crippen LogP contribution in [0.5, 0.6) is 0 Å². The number of nitrogens with zero attached hydrogens (tertiary/aromatic N) is 2. The number of nitrogens with one attached hydrogen (secondary N) is 1. The Morgan fingerprint density at radius 1 is 1.12 bits per heavy atom. The largest absolute Gasteiger partial charge is 0.339 e. The summed E-state index contributed by atoms with van der Waals surface area (Å²) in [5, 5.41) is 0. The fourth-order valence-corrected chi connectivity index (χ4v) is 3.95. The molecule has 0 bridgehead atoms. The minimum absolute atomic E-state index is 0.0365. The number of piperidine rings is 1. The molecule has 1 amide bonds. The molecule has 3 rings (SSSR count). The second kappa shape index (κ2) is 7.97. The first-order chi connectivity index (χ1) is 12.5. The summed E-state index contributed by atoms with van der Waals surface area (Å²) < 4.78 is 27.4. The lowest BCUT2D eigenvalue weighted by atomic mass is 9.98. The highest BCUT2D eigenvalue weighted by Gasteiger charge is 2.22. The van der Waals surface area contributed by atoms with Crippen molar-refractivity contribution in [3.63, 3.8) is 0 Å². The topological polar surface area (TPSA) is 79.4 Å². The quantitative estimate of drug-likeness (QED) is 0.873. The molecule has 1 N–H and O–H groups in total. The van der Waals surface area contributed by atoms with Crippen molar-refractivity contribution in [1.29, 1.82) is 0 Å². The van der Waals surface area contributed by atoms with E-state index in [1.807, 2.05) is 4.90 Å². The SMILES string of the molecule is CC1CCN(C(=O)c2ccc(S(=O)(=O)NCc3ccncc3)cc2)CC1. The Morgan fingerprint density at radius 3 is 2.35 bits per heavy atom. The first kappa shape index (κ1) is 18.5. The Kier molecular flexibility index (Phi) is 5.68. The zero-order valence-corrected chi connectivity index (χ0v) is 15.6. The molecule has 1 fully saturated rings. The monoisotopic (exact) mass is 373 g/mol. The third kappa shape index (κ3) is 4.47. The Balaban J connectivity index is 1.65. The maximum atomic E-state index is 12.5. The molecule has 0 spiro atoms. The van der Waals surface area contributed by atoms with Crippen molar-refractivity contribution in [3.8, 4) is 0 Å². The van der Waals surface area contributed by atoms with Crippen molar-refractivity contribution in [2.75, 3.05) is 13.1 Å². The number of hydrogen-bond donors (Lipinski definition) is 1. The number of carbonyl (C=O) groups is 1. The summed E-state index contributed by atoms with van der Waals surface area (Å²) in [6.07, 6.45) is 5.25. The fourth-order valence-electron chi connectivity index (χ4n) is 2.93. The standard InChI is InChI=1S/C19H23N3O3S/c1-15-8-12-22(13-9-15)19(23)17-2-4-18(5-3-17)26(24,25)21-14-16-6-10-20-11-7-16/h2-7,10-11,15,21H,8-9,12-14H2,1H3. The van der Waals surface area contributed by atoms with E-state index in [4.69, 9.17) is 0 Å².